The number of esters is 1. The number of rotatable bonds is 4. The largest absolute Gasteiger partial charge is 0.469 e. The fraction of sp³-hybridized carbons (Fsp3) is 0.909. The van der Waals surface area contributed by atoms with Crippen LogP contribution in [0.4, 0.5) is 0 Å². The molecule has 0 aromatic heterocycles. The fourth-order valence-corrected chi connectivity index (χ4v) is 2.13. The number of ether oxygens (including phenoxy) is 3. The van der Waals surface area contributed by atoms with Crippen molar-refractivity contribution in [1.82, 2.24) is 0 Å². The predicted molar refractivity (Wildman–Crippen MR) is 55.3 cm³/mol. The highest BCUT2D eigenvalue weighted by Gasteiger charge is 2.35. The van der Waals surface area contributed by atoms with Gasteiger partial charge in [-0.1, -0.05) is 0 Å². The molecule has 0 aromatic rings. The second-order valence-electron chi connectivity index (χ2n) is 4.04. The third-order valence-corrected chi connectivity index (χ3v) is 3.29. The first-order valence-corrected chi connectivity index (χ1v) is 5.33. The molecule has 0 heterocycles. The van der Waals surface area contributed by atoms with Gasteiger partial charge in [0.05, 0.1) is 7.11 Å². The van der Waals surface area contributed by atoms with Gasteiger partial charge in [0.2, 0.25) is 0 Å². The van der Waals surface area contributed by atoms with Crippen LogP contribution in [0, 0.1) is 5.92 Å². The summed E-state index contributed by atoms with van der Waals surface area (Å²) in [5.74, 6) is -0.134. The van der Waals surface area contributed by atoms with E-state index >= 15 is 0 Å². The molecule has 0 spiro atoms. The molecule has 0 radical (unpaired) electrons. The molecule has 88 valence electrons. The molecule has 1 rings (SSSR count). The maximum atomic E-state index is 11.1. The van der Waals surface area contributed by atoms with Gasteiger partial charge in [0.15, 0.2) is 5.79 Å². The number of carbonyl (C=O) groups is 1. The Hall–Kier alpha value is -0.610. The Balaban J connectivity index is 2.38. The molecule has 1 fully saturated rings. The summed E-state index contributed by atoms with van der Waals surface area (Å²) in [6, 6.07) is 0. The van der Waals surface area contributed by atoms with E-state index in [0.717, 1.165) is 25.7 Å². The minimum absolute atomic E-state index is 0.123. The Morgan fingerprint density at radius 2 is 1.73 bits per heavy atom. The zero-order valence-corrected chi connectivity index (χ0v) is 9.75. The molecule has 0 bridgehead atoms. The summed E-state index contributed by atoms with van der Waals surface area (Å²) >= 11 is 0. The Morgan fingerprint density at radius 3 is 2.13 bits per heavy atom. The average Bonchev–Trinajstić information content (AvgIpc) is 2.30. The van der Waals surface area contributed by atoms with Gasteiger partial charge in [0, 0.05) is 33.5 Å². The van der Waals surface area contributed by atoms with Crippen molar-refractivity contribution in [2.75, 3.05) is 21.3 Å². The van der Waals surface area contributed by atoms with E-state index in [0.29, 0.717) is 12.3 Å². The van der Waals surface area contributed by atoms with E-state index < -0.39 is 5.79 Å². The second-order valence-corrected chi connectivity index (χ2v) is 4.04. The van der Waals surface area contributed by atoms with Crippen LogP contribution in [-0.2, 0) is 19.0 Å². The quantitative estimate of drug-likeness (QED) is 0.530. The molecular formula is C11H20O4. The summed E-state index contributed by atoms with van der Waals surface area (Å²) in [6.07, 6.45) is 4.12. The Bertz CT molecular complexity index is 201. The van der Waals surface area contributed by atoms with Crippen LogP contribution in [0.5, 0.6) is 0 Å². The van der Waals surface area contributed by atoms with Crippen LogP contribution in [-0.4, -0.2) is 33.1 Å². The van der Waals surface area contributed by atoms with Crippen molar-refractivity contribution in [3.63, 3.8) is 0 Å². The van der Waals surface area contributed by atoms with Crippen LogP contribution in [0.25, 0.3) is 0 Å². The van der Waals surface area contributed by atoms with E-state index in [1.165, 1.54) is 7.11 Å². The molecule has 1 saturated carbocycles. The Labute approximate surface area is 90.9 Å². The smallest absolute Gasteiger partial charge is 0.305 e. The second kappa shape index (κ2) is 5.47. The third-order valence-electron chi connectivity index (χ3n) is 3.29. The maximum absolute atomic E-state index is 11.1. The van der Waals surface area contributed by atoms with Crippen molar-refractivity contribution in [3.8, 4) is 0 Å². The summed E-state index contributed by atoms with van der Waals surface area (Å²) in [5.41, 5.74) is 0. The molecule has 1 aliphatic carbocycles. The number of carbonyl (C=O) groups excluding carboxylic acids is 1. The lowest BCUT2D eigenvalue weighted by atomic mass is 9.83. The van der Waals surface area contributed by atoms with Gasteiger partial charge in [0.25, 0.3) is 0 Å². The first kappa shape index (κ1) is 12.5. The van der Waals surface area contributed by atoms with Gasteiger partial charge < -0.3 is 14.2 Å². The highest BCUT2D eigenvalue weighted by atomic mass is 16.7. The van der Waals surface area contributed by atoms with Crippen molar-refractivity contribution in [2.45, 2.75) is 37.9 Å². The van der Waals surface area contributed by atoms with Gasteiger partial charge in [-0.15, -0.1) is 0 Å². The number of hydrogen-bond acceptors (Lipinski definition) is 4. The first-order valence-electron chi connectivity index (χ1n) is 5.33. The molecule has 0 N–H and O–H groups in total. The summed E-state index contributed by atoms with van der Waals surface area (Å²) in [6.45, 7) is 0. The van der Waals surface area contributed by atoms with Crippen molar-refractivity contribution in [3.05, 3.63) is 0 Å². The summed E-state index contributed by atoms with van der Waals surface area (Å²) < 4.78 is 15.4. The van der Waals surface area contributed by atoms with Crippen molar-refractivity contribution in [2.24, 2.45) is 5.92 Å². The molecule has 4 nitrogen and oxygen atoms in total. The third kappa shape index (κ3) is 3.18. The monoisotopic (exact) mass is 216 g/mol. The Morgan fingerprint density at radius 1 is 1.20 bits per heavy atom. The Kier molecular flexibility index (Phi) is 4.54. The zero-order chi connectivity index (χ0) is 11.3. The molecule has 4 heteroatoms. The van der Waals surface area contributed by atoms with E-state index in [1.807, 2.05) is 0 Å². The molecule has 0 aliphatic heterocycles. The van der Waals surface area contributed by atoms with E-state index in [1.54, 1.807) is 14.2 Å². The highest BCUT2D eigenvalue weighted by molar-refractivity contribution is 5.69. The number of methoxy groups -OCH3 is 3. The van der Waals surface area contributed by atoms with E-state index in [-0.39, 0.29) is 5.97 Å². The van der Waals surface area contributed by atoms with E-state index in [4.69, 9.17) is 9.47 Å². The summed E-state index contributed by atoms with van der Waals surface area (Å²) in [7, 11) is 4.77. The molecule has 0 atom stereocenters. The van der Waals surface area contributed by atoms with Gasteiger partial charge >= 0.3 is 5.97 Å². The van der Waals surface area contributed by atoms with Gasteiger partial charge in [-0.05, 0) is 18.8 Å². The predicted octanol–water partition coefficient (Wildman–Crippen LogP) is 1.73. The van der Waals surface area contributed by atoms with Gasteiger partial charge in [0.1, 0.15) is 0 Å². The lowest BCUT2D eigenvalue weighted by molar-refractivity contribution is -0.228. The normalized spacial score (nSPS) is 21.3. The lowest BCUT2D eigenvalue weighted by Crippen LogP contribution is -2.38. The maximum Gasteiger partial charge on any atom is 0.305 e. The van der Waals surface area contributed by atoms with Crippen LogP contribution in [0.1, 0.15) is 32.1 Å². The van der Waals surface area contributed by atoms with Crippen LogP contribution >= 0.6 is 0 Å². The standard InChI is InChI=1S/C11H20O4/c1-13-10(12)8-9-4-6-11(14-2,15-3)7-5-9/h9H,4-8H2,1-3H3. The van der Waals surface area contributed by atoms with Gasteiger partial charge in [-0.25, -0.2) is 0 Å². The minimum Gasteiger partial charge on any atom is -0.469 e. The fourth-order valence-electron chi connectivity index (χ4n) is 2.13. The highest BCUT2D eigenvalue weighted by Crippen LogP contribution is 2.36. The molecule has 15 heavy (non-hydrogen) atoms. The van der Waals surface area contributed by atoms with Gasteiger partial charge in [-0.3, -0.25) is 4.79 Å². The topological polar surface area (TPSA) is 44.8 Å². The van der Waals surface area contributed by atoms with Crippen molar-refractivity contribution < 1.29 is 19.0 Å². The molecule has 0 unspecified atom stereocenters. The average molecular weight is 216 g/mol. The van der Waals surface area contributed by atoms with Crippen LogP contribution in [0.2, 0.25) is 0 Å². The molecule has 0 amide bonds. The van der Waals surface area contributed by atoms with Crippen LogP contribution in [0.3, 0.4) is 0 Å². The van der Waals surface area contributed by atoms with Gasteiger partial charge in [-0.2, -0.15) is 0 Å². The SMILES string of the molecule is COC(=O)CC1CCC(OC)(OC)CC1. The zero-order valence-electron chi connectivity index (χ0n) is 9.75. The molecule has 1 aliphatic rings. The molecule has 0 aromatic carbocycles. The molecule has 0 saturated heterocycles. The van der Waals surface area contributed by atoms with Crippen LogP contribution < -0.4 is 0 Å². The van der Waals surface area contributed by atoms with Crippen molar-refractivity contribution in [1.29, 1.82) is 0 Å². The van der Waals surface area contributed by atoms with Crippen molar-refractivity contribution >= 4 is 5.97 Å². The summed E-state index contributed by atoms with van der Waals surface area (Å²) in [5, 5.41) is 0. The minimum atomic E-state index is -0.424. The van der Waals surface area contributed by atoms with E-state index in [2.05, 4.69) is 4.74 Å². The van der Waals surface area contributed by atoms with Crippen LogP contribution in [0.15, 0.2) is 0 Å². The number of hydrogen-bond donors (Lipinski definition) is 0. The summed E-state index contributed by atoms with van der Waals surface area (Å²) in [4.78, 5) is 11.1. The first-order chi connectivity index (χ1) is 7.15. The van der Waals surface area contributed by atoms with E-state index in [9.17, 15) is 4.79 Å². The molecular weight excluding hydrogens is 196 g/mol. The lowest BCUT2D eigenvalue weighted by Gasteiger charge is -2.37.